The summed E-state index contributed by atoms with van der Waals surface area (Å²) in [5.74, 6) is 0.939. The van der Waals surface area contributed by atoms with E-state index in [2.05, 4.69) is 14.9 Å². The molecule has 34 heavy (non-hydrogen) atoms. The molecule has 2 aromatic heterocycles. The molecule has 3 aliphatic heterocycles. The van der Waals surface area contributed by atoms with Crippen LogP contribution in [0.3, 0.4) is 0 Å². The Morgan fingerprint density at radius 1 is 1.18 bits per heavy atom. The van der Waals surface area contributed by atoms with Gasteiger partial charge in [0.2, 0.25) is 0 Å². The van der Waals surface area contributed by atoms with Gasteiger partial charge in [0.1, 0.15) is 0 Å². The third kappa shape index (κ3) is 3.85. The summed E-state index contributed by atoms with van der Waals surface area (Å²) in [7, 11) is 0. The fourth-order valence-corrected chi connectivity index (χ4v) is 6.55. The summed E-state index contributed by atoms with van der Waals surface area (Å²) in [6.45, 7) is 6.06. The van der Waals surface area contributed by atoms with Crippen LogP contribution in [-0.2, 0) is 24.1 Å². The number of hydrogen-bond acceptors (Lipinski definition) is 5. The number of anilines is 2. The minimum Gasteiger partial charge on any atom is -0.381 e. The largest absolute Gasteiger partial charge is 0.381 e. The minimum absolute atomic E-state index is 0.114. The Morgan fingerprint density at radius 3 is 2.79 bits per heavy atom. The Balaban J connectivity index is 1.46. The molecule has 0 radical (unpaired) electrons. The number of alkyl halides is 2. The van der Waals surface area contributed by atoms with Crippen molar-refractivity contribution in [1.82, 2.24) is 15.1 Å². The second kappa shape index (κ2) is 9.06. The highest BCUT2D eigenvalue weighted by Gasteiger charge is 2.32. The maximum atomic E-state index is 14.3. The zero-order valence-electron chi connectivity index (χ0n) is 19.4. The molecule has 0 aliphatic carbocycles. The topological polar surface area (TPSA) is 42.3 Å². The first-order chi connectivity index (χ1) is 16.6. The van der Waals surface area contributed by atoms with Crippen LogP contribution in [0.4, 0.5) is 20.3 Å². The van der Waals surface area contributed by atoms with Crippen molar-refractivity contribution in [2.75, 3.05) is 31.2 Å². The average molecular weight is 485 g/mol. The van der Waals surface area contributed by atoms with Crippen LogP contribution >= 0.6 is 11.3 Å². The molecule has 1 fully saturated rings. The van der Waals surface area contributed by atoms with E-state index < -0.39 is 6.43 Å². The predicted molar refractivity (Wildman–Crippen MR) is 132 cm³/mol. The van der Waals surface area contributed by atoms with Gasteiger partial charge in [0.05, 0.1) is 6.04 Å². The summed E-state index contributed by atoms with van der Waals surface area (Å²) in [5, 5.41) is 8.66. The van der Waals surface area contributed by atoms with E-state index >= 15 is 0 Å². The van der Waals surface area contributed by atoms with Gasteiger partial charge in [-0.3, -0.25) is 4.68 Å². The molecule has 8 heteroatoms. The van der Waals surface area contributed by atoms with Gasteiger partial charge in [-0.2, -0.15) is 5.10 Å². The number of ether oxygens (including phenoxy) is 1. The van der Waals surface area contributed by atoms with Gasteiger partial charge in [0, 0.05) is 77.1 Å². The van der Waals surface area contributed by atoms with Crippen LogP contribution in [-0.4, -0.2) is 36.1 Å². The molecule has 0 saturated carbocycles. The van der Waals surface area contributed by atoms with E-state index in [1.165, 1.54) is 11.3 Å². The lowest BCUT2D eigenvalue weighted by atomic mass is 9.94. The quantitative estimate of drug-likeness (QED) is 0.498. The minimum atomic E-state index is -2.53. The molecular weight excluding hydrogens is 454 g/mol. The van der Waals surface area contributed by atoms with E-state index in [1.807, 2.05) is 25.1 Å². The van der Waals surface area contributed by atoms with Gasteiger partial charge in [-0.25, -0.2) is 8.78 Å². The Hall–Kier alpha value is -2.29. The van der Waals surface area contributed by atoms with Gasteiger partial charge in [-0.15, -0.1) is 11.3 Å². The zero-order chi connectivity index (χ0) is 23.2. The van der Waals surface area contributed by atoms with Crippen molar-refractivity contribution in [3.05, 3.63) is 51.5 Å². The van der Waals surface area contributed by atoms with Crippen LogP contribution < -0.4 is 10.2 Å². The SMILES string of the molecule is Cc1ccc(-c2cc3c(cc2C(F)F)N(c2nn(C4CCOCC4)c4c2CNCC4)CCC3)s1. The molecule has 1 N–H and O–H groups in total. The Labute approximate surface area is 202 Å². The third-order valence-corrected chi connectivity index (χ3v) is 8.37. The van der Waals surface area contributed by atoms with Crippen LogP contribution in [0.1, 0.15) is 59.0 Å². The van der Waals surface area contributed by atoms with Gasteiger partial charge in [-0.05, 0) is 62.4 Å². The zero-order valence-corrected chi connectivity index (χ0v) is 20.3. The molecule has 6 rings (SSSR count). The van der Waals surface area contributed by atoms with Crippen molar-refractivity contribution in [2.45, 2.75) is 58.0 Å². The maximum Gasteiger partial charge on any atom is 0.264 e. The van der Waals surface area contributed by atoms with Gasteiger partial charge in [0.15, 0.2) is 5.82 Å². The summed E-state index contributed by atoms with van der Waals surface area (Å²) in [4.78, 5) is 4.25. The third-order valence-electron chi connectivity index (χ3n) is 7.34. The molecule has 0 spiro atoms. The van der Waals surface area contributed by atoms with Gasteiger partial charge in [0.25, 0.3) is 6.43 Å². The Morgan fingerprint density at radius 2 is 2.03 bits per heavy atom. The standard InChI is InChI=1S/C26H30F2N4OS/c1-16-4-5-24(34-16)19-13-17-3-2-10-31(23(17)14-20(19)25(27)28)26-21-15-29-9-6-22(21)32(30-26)18-7-11-33-12-8-18/h4-5,13-14,18,25,29H,2-3,6-12,15H2,1H3. The molecule has 5 nitrogen and oxygen atoms in total. The number of rotatable bonds is 4. The second-order valence-electron chi connectivity index (χ2n) is 9.50. The predicted octanol–water partition coefficient (Wildman–Crippen LogP) is 5.94. The van der Waals surface area contributed by atoms with Crippen LogP contribution in [0.25, 0.3) is 10.4 Å². The highest BCUT2D eigenvalue weighted by molar-refractivity contribution is 7.15. The number of fused-ring (bicyclic) bond motifs is 2. The van der Waals surface area contributed by atoms with Crippen molar-refractivity contribution < 1.29 is 13.5 Å². The first-order valence-electron chi connectivity index (χ1n) is 12.3. The summed E-state index contributed by atoms with van der Waals surface area (Å²) in [5.41, 5.74) is 5.33. The lowest BCUT2D eigenvalue weighted by Crippen LogP contribution is -2.29. The molecule has 1 saturated heterocycles. The second-order valence-corrected chi connectivity index (χ2v) is 10.8. The molecule has 0 atom stereocenters. The monoisotopic (exact) mass is 484 g/mol. The number of thiophene rings is 1. The van der Waals surface area contributed by atoms with Gasteiger partial charge < -0.3 is 15.0 Å². The Bertz CT molecular complexity index is 1200. The number of benzene rings is 1. The first kappa shape index (κ1) is 22.2. The summed E-state index contributed by atoms with van der Waals surface area (Å²) in [6.07, 6.45) is 2.23. The maximum absolute atomic E-state index is 14.3. The van der Waals surface area contributed by atoms with E-state index in [0.717, 1.165) is 91.8 Å². The molecule has 0 unspecified atom stereocenters. The van der Waals surface area contributed by atoms with E-state index in [4.69, 9.17) is 9.84 Å². The number of halogens is 2. The molecule has 5 heterocycles. The molecule has 180 valence electrons. The number of nitrogens with one attached hydrogen (secondary N) is 1. The van der Waals surface area contributed by atoms with E-state index in [-0.39, 0.29) is 5.56 Å². The lowest BCUT2D eigenvalue weighted by molar-refractivity contribution is 0.0653. The van der Waals surface area contributed by atoms with Crippen LogP contribution in [0, 0.1) is 6.92 Å². The molecule has 3 aromatic rings. The fourth-order valence-electron chi connectivity index (χ4n) is 5.65. The van der Waals surface area contributed by atoms with Crippen molar-refractivity contribution in [1.29, 1.82) is 0 Å². The first-order valence-corrected chi connectivity index (χ1v) is 13.1. The molecule has 0 bridgehead atoms. The van der Waals surface area contributed by atoms with Crippen LogP contribution in [0.5, 0.6) is 0 Å². The Kier molecular flexibility index (Phi) is 5.91. The summed E-state index contributed by atoms with van der Waals surface area (Å²) < 4.78 is 36.4. The highest BCUT2D eigenvalue weighted by atomic mass is 32.1. The van der Waals surface area contributed by atoms with Crippen molar-refractivity contribution in [2.24, 2.45) is 0 Å². The fraction of sp³-hybridized carbons (Fsp3) is 0.500. The molecule has 3 aliphatic rings. The number of aromatic nitrogens is 2. The molecule has 0 amide bonds. The average Bonchev–Trinajstić information content (AvgIpc) is 3.47. The van der Waals surface area contributed by atoms with E-state index in [1.54, 1.807) is 17.4 Å². The van der Waals surface area contributed by atoms with Crippen molar-refractivity contribution >= 4 is 22.8 Å². The van der Waals surface area contributed by atoms with Crippen LogP contribution in [0.2, 0.25) is 0 Å². The summed E-state index contributed by atoms with van der Waals surface area (Å²) in [6, 6.07) is 8.06. The van der Waals surface area contributed by atoms with E-state index in [0.29, 0.717) is 11.6 Å². The lowest BCUT2D eigenvalue weighted by Gasteiger charge is -2.32. The number of nitrogens with zero attached hydrogens (tertiary/aromatic N) is 3. The summed E-state index contributed by atoms with van der Waals surface area (Å²) >= 11 is 1.58. The highest BCUT2D eigenvalue weighted by Crippen LogP contribution is 2.44. The van der Waals surface area contributed by atoms with Crippen LogP contribution in [0.15, 0.2) is 24.3 Å². The van der Waals surface area contributed by atoms with Crippen molar-refractivity contribution in [3.8, 4) is 10.4 Å². The van der Waals surface area contributed by atoms with Gasteiger partial charge in [-0.1, -0.05) is 0 Å². The number of aryl methyl sites for hydroxylation is 2. The van der Waals surface area contributed by atoms with Crippen molar-refractivity contribution in [3.63, 3.8) is 0 Å². The molecule has 1 aromatic carbocycles. The number of hydrogen-bond donors (Lipinski definition) is 1. The van der Waals surface area contributed by atoms with E-state index in [9.17, 15) is 8.78 Å². The smallest absolute Gasteiger partial charge is 0.264 e. The van der Waals surface area contributed by atoms with Gasteiger partial charge >= 0.3 is 0 Å². The normalized spacial score (nSPS) is 18.9. The molecular formula is C26H30F2N4OS.